The molecule has 12 heavy (non-hydrogen) atoms. The summed E-state index contributed by atoms with van der Waals surface area (Å²) < 4.78 is 4.92. The number of halogens is 1. The predicted molar refractivity (Wildman–Crippen MR) is 48.0 cm³/mol. The van der Waals surface area contributed by atoms with Crippen LogP contribution in [0.25, 0.3) is 0 Å². The van der Waals surface area contributed by atoms with Crippen LogP contribution in [0.1, 0.15) is 39.0 Å². The lowest BCUT2D eigenvalue weighted by Crippen LogP contribution is -2.22. The van der Waals surface area contributed by atoms with Crippen molar-refractivity contribution in [3.8, 4) is 0 Å². The Hall–Kier alpha value is -0.240. The predicted octanol–water partition coefficient (Wildman–Crippen LogP) is 2.69. The van der Waals surface area contributed by atoms with E-state index in [1.54, 1.807) is 6.92 Å². The standard InChI is InChI=1S/C9H15ClO2/c1-7(10)12-9(11)8-5-3-2-4-6-8/h7-8H,2-6H2,1H3. The van der Waals surface area contributed by atoms with E-state index in [-0.39, 0.29) is 11.9 Å². The van der Waals surface area contributed by atoms with Crippen molar-refractivity contribution >= 4 is 17.6 Å². The summed E-state index contributed by atoms with van der Waals surface area (Å²) in [6.45, 7) is 1.67. The van der Waals surface area contributed by atoms with Crippen molar-refractivity contribution in [1.82, 2.24) is 0 Å². The molecule has 1 fully saturated rings. The molecule has 1 rings (SSSR count). The molecule has 1 aliphatic carbocycles. The molecule has 0 aromatic heterocycles. The first-order chi connectivity index (χ1) is 5.70. The number of ether oxygens (including phenoxy) is 1. The highest BCUT2D eigenvalue weighted by atomic mass is 35.5. The molecule has 1 unspecified atom stereocenters. The fraction of sp³-hybridized carbons (Fsp3) is 0.889. The van der Waals surface area contributed by atoms with Crippen LogP contribution in [0.2, 0.25) is 0 Å². The van der Waals surface area contributed by atoms with E-state index in [0.717, 1.165) is 25.7 Å². The molecule has 0 N–H and O–H groups in total. The average Bonchev–Trinajstić information content (AvgIpc) is 2.05. The molecule has 0 aromatic carbocycles. The highest BCUT2D eigenvalue weighted by molar-refractivity contribution is 6.19. The van der Waals surface area contributed by atoms with Crippen LogP contribution in [0.4, 0.5) is 0 Å². The Bertz CT molecular complexity index is 151. The summed E-state index contributed by atoms with van der Waals surface area (Å²) in [6, 6.07) is 0. The zero-order chi connectivity index (χ0) is 8.97. The molecule has 70 valence electrons. The minimum atomic E-state index is -0.487. The van der Waals surface area contributed by atoms with Gasteiger partial charge in [0.2, 0.25) is 0 Å². The summed E-state index contributed by atoms with van der Waals surface area (Å²) in [4.78, 5) is 11.3. The second-order valence-corrected chi connectivity index (χ2v) is 3.93. The summed E-state index contributed by atoms with van der Waals surface area (Å²) in [5.74, 6) is -0.00264. The van der Waals surface area contributed by atoms with E-state index in [1.165, 1.54) is 6.42 Å². The van der Waals surface area contributed by atoms with Gasteiger partial charge in [-0.25, -0.2) is 0 Å². The highest BCUT2D eigenvalue weighted by Crippen LogP contribution is 2.25. The lowest BCUT2D eigenvalue weighted by atomic mass is 9.89. The number of hydrogen-bond acceptors (Lipinski definition) is 2. The van der Waals surface area contributed by atoms with Crippen molar-refractivity contribution in [3.63, 3.8) is 0 Å². The van der Waals surface area contributed by atoms with E-state index in [0.29, 0.717) is 0 Å². The second kappa shape index (κ2) is 4.70. The van der Waals surface area contributed by atoms with Gasteiger partial charge in [0.25, 0.3) is 0 Å². The molecule has 1 saturated carbocycles. The first-order valence-electron chi connectivity index (χ1n) is 4.54. The number of esters is 1. The molecule has 0 aromatic rings. The van der Waals surface area contributed by atoms with Gasteiger partial charge in [-0.3, -0.25) is 4.79 Å². The minimum absolute atomic E-state index is 0.111. The molecular formula is C9H15ClO2. The number of carbonyl (C=O) groups is 1. The molecule has 3 heteroatoms. The van der Waals surface area contributed by atoms with Crippen molar-refractivity contribution in [2.45, 2.75) is 44.6 Å². The average molecular weight is 191 g/mol. The maximum absolute atomic E-state index is 11.3. The number of rotatable bonds is 2. The third-order valence-corrected chi connectivity index (χ3v) is 2.31. The Morgan fingerprint density at radius 3 is 2.50 bits per heavy atom. The Morgan fingerprint density at radius 2 is 2.00 bits per heavy atom. The van der Waals surface area contributed by atoms with Crippen LogP contribution >= 0.6 is 11.6 Å². The Labute approximate surface area is 78.2 Å². The van der Waals surface area contributed by atoms with E-state index in [1.807, 2.05) is 0 Å². The zero-order valence-corrected chi connectivity index (χ0v) is 8.14. The summed E-state index contributed by atoms with van der Waals surface area (Å²) >= 11 is 5.55. The van der Waals surface area contributed by atoms with Crippen molar-refractivity contribution in [2.75, 3.05) is 0 Å². The van der Waals surface area contributed by atoms with Crippen LogP contribution in [0, 0.1) is 5.92 Å². The molecule has 0 spiro atoms. The zero-order valence-electron chi connectivity index (χ0n) is 7.38. The summed E-state index contributed by atoms with van der Waals surface area (Å²) in [5.41, 5.74) is -0.487. The maximum atomic E-state index is 11.3. The smallest absolute Gasteiger partial charge is 0.310 e. The second-order valence-electron chi connectivity index (χ2n) is 3.31. The van der Waals surface area contributed by atoms with E-state index in [2.05, 4.69) is 0 Å². The molecule has 1 atom stereocenters. The fourth-order valence-corrected chi connectivity index (χ4v) is 1.68. The molecule has 0 aliphatic heterocycles. The van der Waals surface area contributed by atoms with E-state index in [4.69, 9.17) is 16.3 Å². The van der Waals surface area contributed by atoms with Crippen LogP contribution < -0.4 is 0 Å². The first kappa shape index (κ1) is 9.85. The van der Waals surface area contributed by atoms with E-state index < -0.39 is 5.56 Å². The van der Waals surface area contributed by atoms with Crippen LogP contribution in [0.3, 0.4) is 0 Å². The lowest BCUT2D eigenvalue weighted by molar-refractivity contribution is -0.150. The fourth-order valence-electron chi connectivity index (χ4n) is 1.59. The summed E-state index contributed by atoms with van der Waals surface area (Å²) in [7, 11) is 0. The van der Waals surface area contributed by atoms with Gasteiger partial charge in [-0.05, 0) is 19.8 Å². The molecule has 0 heterocycles. The topological polar surface area (TPSA) is 26.3 Å². The summed E-state index contributed by atoms with van der Waals surface area (Å²) in [6.07, 6.45) is 5.50. The van der Waals surface area contributed by atoms with Gasteiger partial charge in [0.05, 0.1) is 5.92 Å². The van der Waals surface area contributed by atoms with E-state index >= 15 is 0 Å². The van der Waals surface area contributed by atoms with Gasteiger partial charge in [-0.15, -0.1) is 0 Å². The Balaban J connectivity index is 2.30. The highest BCUT2D eigenvalue weighted by Gasteiger charge is 2.23. The van der Waals surface area contributed by atoms with Crippen molar-refractivity contribution in [3.05, 3.63) is 0 Å². The molecule has 0 saturated heterocycles. The van der Waals surface area contributed by atoms with Crippen LogP contribution in [0.15, 0.2) is 0 Å². The van der Waals surface area contributed by atoms with Gasteiger partial charge < -0.3 is 4.74 Å². The number of alkyl halides is 1. The van der Waals surface area contributed by atoms with Gasteiger partial charge in [-0.2, -0.15) is 0 Å². The first-order valence-corrected chi connectivity index (χ1v) is 4.98. The normalized spacial score (nSPS) is 21.8. The number of carbonyl (C=O) groups excluding carboxylic acids is 1. The Kier molecular flexibility index (Phi) is 3.86. The van der Waals surface area contributed by atoms with Crippen LogP contribution in [0.5, 0.6) is 0 Å². The monoisotopic (exact) mass is 190 g/mol. The van der Waals surface area contributed by atoms with Crippen molar-refractivity contribution in [1.29, 1.82) is 0 Å². The number of hydrogen-bond donors (Lipinski definition) is 0. The Morgan fingerprint density at radius 1 is 1.42 bits per heavy atom. The quantitative estimate of drug-likeness (QED) is 0.495. The van der Waals surface area contributed by atoms with Gasteiger partial charge in [0, 0.05) is 0 Å². The van der Waals surface area contributed by atoms with Gasteiger partial charge in [0.1, 0.15) is 0 Å². The van der Waals surface area contributed by atoms with Crippen molar-refractivity contribution in [2.24, 2.45) is 5.92 Å². The SMILES string of the molecule is CC(Cl)OC(=O)C1CCCCC1. The maximum Gasteiger partial charge on any atom is 0.310 e. The van der Waals surface area contributed by atoms with Gasteiger partial charge in [0.15, 0.2) is 5.56 Å². The largest absolute Gasteiger partial charge is 0.446 e. The summed E-state index contributed by atoms with van der Waals surface area (Å²) in [5, 5.41) is 0. The van der Waals surface area contributed by atoms with E-state index in [9.17, 15) is 4.79 Å². The van der Waals surface area contributed by atoms with Crippen molar-refractivity contribution < 1.29 is 9.53 Å². The molecule has 0 bridgehead atoms. The molecule has 0 amide bonds. The van der Waals surface area contributed by atoms with Gasteiger partial charge >= 0.3 is 5.97 Å². The molecule has 1 aliphatic rings. The third-order valence-electron chi connectivity index (χ3n) is 2.22. The van der Waals surface area contributed by atoms with Crippen LogP contribution in [-0.4, -0.2) is 11.5 Å². The van der Waals surface area contributed by atoms with Gasteiger partial charge in [-0.1, -0.05) is 30.9 Å². The molecular weight excluding hydrogens is 176 g/mol. The lowest BCUT2D eigenvalue weighted by Gasteiger charge is -2.20. The minimum Gasteiger partial charge on any atom is -0.446 e. The molecule has 0 radical (unpaired) electrons. The van der Waals surface area contributed by atoms with Crippen LogP contribution in [-0.2, 0) is 9.53 Å². The molecule has 2 nitrogen and oxygen atoms in total. The third kappa shape index (κ3) is 3.02.